The summed E-state index contributed by atoms with van der Waals surface area (Å²) in [5.74, 6) is 1.59. The molecule has 3 rings (SSSR count). The lowest BCUT2D eigenvalue weighted by atomic mass is 9.46. The molecular formula is C18H32N2O2. The van der Waals surface area contributed by atoms with Crippen LogP contribution in [0.5, 0.6) is 0 Å². The first-order valence-corrected chi connectivity index (χ1v) is 8.98. The summed E-state index contributed by atoms with van der Waals surface area (Å²) in [4.78, 5) is 13.0. The smallest absolute Gasteiger partial charge is 0.241 e. The lowest BCUT2D eigenvalue weighted by Gasteiger charge is -2.65. The molecule has 0 bridgehead atoms. The van der Waals surface area contributed by atoms with Gasteiger partial charge in [0, 0.05) is 24.0 Å². The average molecular weight is 308 g/mol. The quantitative estimate of drug-likeness (QED) is 0.823. The molecule has 1 amide bonds. The van der Waals surface area contributed by atoms with Crippen molar-refractivity contribution < 1.29 is 9.53 Å². The molecule has 3 N–H and O–H groups in total. The number of carbonyl (C=O) groups is 1. The highest BCUT2D eigenvalue weighted by Gasteiger charge is 2.70. The van der Waals surface area contributed by atoms with Gasteiger partial charge in [-0.15, -0.1) is 0 Å². The van der Waals surface area contributed by atoms with E-state index >= 15 is 0 Å². The number of fused-ring (bicyclic) bond motifs is 1. The van der Waals surface area contributed by atoms with Crippen molar-refractivity contribution in [3.63, 3.8) is 0 Å². The van der Waals surface area contributed by atoms with Gasteiger partial charge < -0.3 is 15.8 Å². The van der Waals surface area contributed by atoms with E-state index in [1.165, 1.54) is 6.42 Å². The van der Waals surface area contributed by atoms with Gasteiger partial charge in [0.25, 0.3) is 0 Å². The van der Waals surface area contributed by atoms with Crippen LogP contribution in [0.4, 0.5) is 0 Å². The predicted octanol–water partition coefficient (Wildman–Crippen LogP) is 2.46. The molecule has 4 heteroatoms. The minimum atomic E-state index is -0.776. The molecule has 1 heterocycles. The molecule has 0 aromatic rings. The van der Waals surface area contributed by atoms with E-state index in [4.69, 9.17) is 10.5 Å². The third kappa shape index (κ3) is 2.30. The van der Waals surface area contributed by atoms with E-state index in [0.717, 1.165) is 32.3 Å². The topological polar surface area (TPSA) is 64.4 Å². The van der Waals surface area contributed by atoms with Gasteiger partial charge >= 0.3 is 0 Å². The van der Waals surface area contributed by atoms with E-state index in [0.29, 0.717) is 11.8 Å². The minimum absolute atomic E-state index is 0.0514. The summed E-state index contributed by atoms with van der Waals surface area (Å²) in [5.41, 5.74) is 5.61. The van der Waals surface area contributed by atoms with Crippen molar-refractivity contribution in [3.05, 3.63) is 0 Å². The highest BCUT2D eigenvalue weighted by molar-refractivity contribution is 5.89. The van der Waals surface area contributed by atoms with Gasteiger partial charge in [-0.1, -0.05) is 27.7 Å². The molecule has 0 aromatic heterocycles. The maximum Gasteiger partial charge on any atom is 0.241 e. The van der Waals surface area contributed by atoms with E-state index < -0.39 is 5.54 Å². The molecule has 1 saturated heterocycles. The van der Waals surface area contributed by atoms with Gasteiger partial charge in [-0.05, 0) is 43.9 Å². The molecule has 0 spiro atoms. The lowest BCUT2D eigenvalue weighted by molar-refractivity contribution is -0.225. The Kier molecular flexibility index (Phi) is 4.05. The monoisotopic (exact) mass is 308 g/mol. The second-order valence-corrected chi connectivity index (χ2v) is 8.72. The fourth-order valence-electron chi connectivity index (χ4n) is 5.41. The summed E-state index contributed by atoms with van der Waals surface area (Å²) in [6, 6.07) is 0.283. The highest BCUT2D eigenvalue weighted by Crippen LogP contribution is 2.57. The highest BCUT2D eigenvalue weighted by atomic mass is 16.5. The molecule has 1 aliphatic heterocycles. The van der Waals surface area contributed by atoms with Gasteiger partial charge in [0.2, 0.25) is 5.91 Å². The number of nitrogens with two attached hydrogens (primary N) is 1. The van der Waals surface area contributed by atoms with Crippen LogP contribution in [0, 0.1) is 23.2 Å². The summed E-state index contributed by atoms with van der Waals surface area (Å²) in [7, 11) is 0. The summed E-state index contributed by atoms with van der Waals surface area (Å²) >= 11 is 0. The molecule has 126 valence electrons. The molecular weight excluding hydrogens is 276 g/mol. The molecule has 2 saturated carbocycles. The fraction of sp³-hybridized carbons (Fsp3) is 0.944. The summed E-state index contributed by atoms with van der Waals surface area (Å²) in [6.45, 7) is 9.55. The predicted molar refractivity (Wildman–Crippen MR) is 87.3 cm³/mol. The van der Waals surface area contributed by atoms with E-state index in [-0.39, 0.29) is 29.4 Å². The van der Waals surface area contributed by atoms with E-state index in [9.17, 15) is 4.79 Å². The number of hydrogen-bond acceptors (Lipinski definition) is 3. The van der Waals surface area contributed by atoms with E-state index in [2.05, 4.69) is 33.0 Å². The van der Waals surface area contributed by atoms with Gasteiger partial charge in [-0.25, -0.2) is 0 Å². The van der Waals surface area contributed by atoms with Crippen LogP contribution in [-0.4, -0.2) is 30.2 Å². The van der Waals surface area contributed by atoms with Gasteiger partial charge in [-0.3, -0.25) is 4.79 Å². The maximum atomic E-state index is 13.0. The van der Waals surface area contributed by atoms with Crippen LogP contribution >= 0.6 is 0 Å². The van der Waals surface area contributed by atoms with Gasteiger partial charge in [0.1, 0.15) is 5.54 Å². The maximum absolute atomic E-state index is 13.0. The molecule has 22 heavy (non-hydrogen) atoms. The molecule has 2 aliphatic carbocycles. The zero-order valence-corrected chi connectivity index (χ0v) is 14.5. The zero-order valence-electron chi connectivity index (χ0n) is 14.5. The third-order valence-corrected chi connectivity index (χ3v) is 6.57. The van der Waals surface area contributed by atoms with Gasteiger partial charge in [0.15, 0.2) is 0 Å². The average Bonchev–Trinajstić information content (AvgIpc) is 2.45. The van der Waals surface area contributed by atoms with Crippen molar-refractivity contribution in [2.45, 2.75) is 77.5 Å². The van der Waals surface area contributed by atoms with Crippen molar-refractivity contribution in [2.75, 3.05) is 6.61 Å². The minimum Gasteiger partial charge on any atom is -0.377 e. The van der Waals surface area contributed by atoms with Crippen molar-refractivity contribution in [2.24, 2.45) is 28.9 Å². The Bertz CT molecular complexity index is 440. The number of nitrogens with one attached hydrogen (secondary N) is 1. The molecule has 5 unspecified atom stereocenters. The van der Waals surface area contributed by atoms with Crippen molar-refractivity contribution >= 4 is 5.91 Å². The van der Waals surface area contributed by atoms with Crippen LogP contribution in [0.2, 0.25) is 0 Å². The number of rotatable bonds is 2. The number of hydrogen-bond donors (Lipinski definition) is 2. The van der Waals surface area contributed by atoms with Crippen LogP contribution in [0.15, 0.2) is 0 Å². The fourth-order valence-corrected chi connectivity index (χ4v) is 5.41. The Morgan fingerprint density at radius 2 is 1.82 bits per heavy atom. The SMILES string of the molecule is CC1CC(C)CC(NC(=O)C2(N)C3CCCOC3C2(C)C)C1. The molecule has 4 nitrogen and oxygen atoms in total. The first kappa shape index (κ1) is 16.3. The first-order chi connectivity index (χ1) is 10.3. The standard InChI is InChI=1S/C18H32N2O2/c1-11-8-12(2)10-13(9-11)20-16(21)18(19)14-6-5-7-22-15(14)17(18,3)4/h11-15H,5-10,19H2,1-4H3,(H,20,21). The van der Waals surface area contributed by atoms with Gasteiger partial charge in [0.05, 0.1) is 6.10 Å². The summed E-state index contributed by atoms with van der Waals surface area (Å²) in [5, 5.41) is 3.29. The molecule has 0 radical (unpaired) electrons. The van der Waals surface area contributed by atoms with Crippen LogP contribution in [-0.2, 0) is 9.53 Å². The molecule has 3 fully saturated rings. The van der Waals surface area contributed by atoms with Crippen molar-refractivity contribution in [1.82, 2.24) is 5.32 Å². The van der Waals surface area contributed by atoms with Crippen molar-refractivity contribution in [1.29, 1.82) is 0 Å². The summed E-state index contributed by atoms with van der Waals surface area (Å²) < 4.78 is 5.90. The van der Waals surface area contributed by atoms with Crippen LogP contribution in [0.25, 0.3) is 0 Å². The van der Waals surface area contributed by atoms with Crippen LogP contribution in [0.3, 0.4) is 0 Å². The molecule has 3 aliphatic rings. The van der Waals surface area contributed by atoms with Crippen molar-refractivity contribution in [3.8, 4) is 0 Å². The second kappa shape index (κ2) is 5.48. The summed E-state index contributed by atoms with van der Waals surface area (Å²) in [6.07, 6.45) is 5.59. The Balaban J connectivity index is 1.71. The Hall–Kier alpha value is -0.610. The van der Waals surface area contributed by atoms with E-state index in [1.54, 1.807) is 0 Å². The van der Waals surface area contributed by atoms with Crippen LogP contribution in [0.1, 0.15) is 59.8 Å². The van der Waals surface area contributed by atoms with E-state index in [1.807, 2.05) is 0 Å². The molecule has 0 aromatic carbocycles. The first-order valence-electron chi connectivity index (χ1n) is 8.98. The second-order valence-electron chi connectivity index (χ2n) is 8.72. The number of ether oxygens (including phenoxy) is 1. The zero-order chi connectivity index (χ0) is 16.1. The Morgan fingerprint density at radius 1 is 1.18 bits per heavy atom. The van der Waals surface area contributed by atoms with Crippen LogP contribution < -0.4 is 11.1 Å². The lowest BCUT2D eigenvalue weighted by Crippen LogP contribution is -2.82. The number of carbonyl (C=O) groups excluding carboxylic acids is 1. The molecule has 5 atom stereocenters. The van der Waals surface area contributed by atoms with Gasteiger partial charge in [-0.2, -0.15) is 0 Å². The third-order valence-electron chi connectivity index (χ3n) is 6.57. The Labute approximate surface area is 134 Å². The Morgan fingerprint density at radius 3 is 2.45 bits per heavy atom. The number of amides is 1. The largest absolute Gasteiger partial charge is 0.377 e. The normalized spacial score (nSPS) is 47.2.